The molecule has 3 aliphatic rings. The zero-order valence-corrected chi connectivity index (χ0v) is 17.8. The molecule has 1 atom stereocenters. The van der Waals surface area contributed by atoms with Gasteiger partial charge in [-0.1, -0.05) is 26.2 Å². The fourth-order valence-corrected chi connectivity index (χ4v) is 5.06. The van der Waals surface area contributed by atoms with Gasteiger partial charge in [-0.15, -0.1) is 16.8 Å². The molecule has 0 aliphatic carbocycles. The number of carbonyl (C=O) groups excluding carboxylic acids is 3. The molecule has 0 spiro atoms. The van der Waals surface area contributed by atoms with Crippen molar-refractivity contribution in [1.82, 2.24) is 9.80 Å². The minimum atomic E-state index is -0.596. The fourth-order valence-electron chi connectivity index (χ4n) is 3.88. The van der Waals surface area contributed by atoms with Crippen molar-refractivity contribution in [2.24, 2.45) is 10.9 Å². The minimum Gasteiger partial charge on any atom is -0.342 e. The van der Waals surface area contributed by atoms with Crippen LogP contribution in [0.5, 0.6) is 0 Å². The molecule has 8 heteroatoms. The van der Waals surface area contributed by atoms with E-state index in [0.29, 0.717) is 11.6 Å². The van der Waals surface area contributed by atoms with Crippen molar-refractivity contribution >= 4 is 41.7 Å². The first-order valence-electron chi connectivity index (χ1n) is 10.1. The molecule has 0 aromatic carbocycles. The quantitative estimate of drug-likeness (QED) is 0.659. The lowest BCUT2D eigenvalue weighted by Crippen LogP contribution is -2.52. The van der Waals surface area contributed by atoms with Crippen LogP contribution in [0.15, 0.2) is 15.5 Å². The van der Waals surface area contributed by atoms with Crippen molar-refractivity contribution in [1.29, 1.82) is 0 Å². The number of nitrogens with zero attached hydrogens (tertiary/aromatic N) is 4. The van der Waals surface area contributed by atoms with Crippen molar-refractivity contribution in [3.05, 3.63) is 10.5 Å². The van der Waals surface area contributed by atoms with Crippen molar-refractivity contribution in [2.75, 3.05) is 32.9 Å². The highest BCUT2D eigenvalue weighted by Gasteiger charge is 2.48. The Morgan fingerprint density at radius 1 is 1.25 bits per heavy atom. The van der Waals surface area contributed by atoms with Crippen molar-refractivity contribution in [2.45, 2.75) is 45.4 Å². The minimum absolute atomic E-state index is 0.125. The topological polar surface area (TPSA) is 73.1 Å². The van der Waals surface area contributed by atoms with Crippen molar-refractivity contribution < 1.29 is 19.0 Å². The van der Waals surface area contributed by atoms with Gasteiger partial charge < -0.3 is 4.90 Å². The number of hydrogen-bond acceptors (Lipinski definition) is 5. The third-order valence-electron chi connectivity index (χ3n) is 5.51. The summed E-state index contributed by atoms with van der Waals surface area (Å²) < 4.78 is 1.43. The van der Waals surface area contributed by atoms with E-state index in [2.05, 4.69) is 11.9 Å². The smallest absolute Gasteiger partial charge is 0.342 e. The highest BCUT2D eigenvalue weighted by atomic mass is 32.2. The number of amides is 4. The van der Waals surface area contributed by atoms with Crippen LogP contribution < -0.4 is 0 Å². The fraction of sp³-hybridized carbons (Fsp3) is 0.650. The van der Waals surface area contributed by atoms with Gasteiger partial charge in [0.2, 0.25) is 5.91 Å². The molecule has 0 N–H and O–H groups in total. The first-order valence-corrected chi connectivity index (χ1v) is 11.0. The number of fused-ring (bicyclic) bond motifs is 1. The number of likely N-dealkylation sites (tertiary alicyclic amines) is 1. The highest BCUT2D eigenvalue weighted by Crippen LogP contribution is 2.36. The van der Waals surface area contributed by atoms with Crippen LogP contribution in [0.4, 0.5) is 4.79 Å². The summed E-state index contributed by atoms with van der Waals surface area (Å²) >= 11 is 1.44. The first-order chi connectivity index (χ1) is 13.5. The van der Waals surface area contributed by atoms with Gasteiger partial charge in [-0.05, 0) is 24.8 Å². The van der Waals surface area contributed by atoms with Gasteiger partial charge in [-0.2, -0.15) is 9.48 Å². The third kappa shape index (κ3) is 4.06. The van der Waals surface area contributed by atoms with E-state index in [0.717, 1.165) is 54.2 Å². The van der Waals surface area contributed by atoms with E-state index < -0.39 is 5.92 Å². The average molecular weight is 406 g/mol. The summed E-state index contributed by atoms with van der Waals surface area (Å²) in [6, 6.07) is -0.377. The molecule has 1 unspecified atom stereocenters. The molecule has 3 heterocycles. The zero-order chi connectivity index (χ0) is 20.3. The Kier molecular flexibility index (Phi) is 6.69. The van der Waals surface area contributed by atoms with E-state index in [9.17, 15) is 14.4 Å². The summed E-state index contributed by atoms with van der Waals surface area (Å²) in [5.74, 6) is 0.0296. The molecule has 1 fully saturated rings. The number of rotatable bonds is 5. The van der Waals surface area contributed by atoms with Crippen LogP contribution >= 0.6 is 11.8 Å². The largest absolute Gasteiger partial charge is 0.445 e. The SMILES string of the molecule is CCCC1=C(SCC(=O)N2CCCCCC2)C2C(=O)N(C)C(=O)[N+](C)=C2N=C1. The maximum Gasteiger partial charge on any atom is 0.445 e. The van der Waals surface area contributed by atoms with Crippen LogP contribution in [0.2, 0.25) is 0 Å². The molecule has 0 radical (unpaired) electrons. The maximum absolute atomic E-state index is 12.9. The number of allylic oxidation sites excluding steroid dienone is 1. The second-order valence-electron chi connectivity index (χ2n) is 7.51. The van der Waals surface area contributed by atoms with Gasteiger partial charge >= 0.3 is 11.9 Å². The molecule has 0 saturated carbocycles. The van der Waals surface area contributed by atoms with Gasteiger partial charge in [-0.3, -0.25) is 9.59 Å². The van der Waals surface area contributed by atoms with Crippen molar-refractivity contribution in [3.63, 3.8) is 0 Å². The number of aliphatic imine (C=N–C) groups is 1. The molecule has 4 amide bonds. The summed E-state index contributed by atoms with van der Waals surface area (Å²) in [6.07, 6.45) is 7.96. The van der Waals surface area contributed by atoms with Gasteiger partial charge in [-0.25, -0.2) is 4.79 Å². The molecule has 3 rings (SSSR count). The van der Waals surface area contributed by atoms with Gasteiger partial charge in [0.1, 0.15) is 6.21 Å². The van der Waals surface area contributed by atoms with Gasteiger partial charge in [0.15, 0.2) is 5.92 Å². The highest BCUT2D eigenvalue weighted by molar-refractivity contribution is 8.03. The zero-order valence-electron chi connectivity index (χ0n) is 16.9. The second kappa shape index (κ2) is 9.03. The maximum atomic E-state index is 12.9. The monoisotopic (exact) mass is 405 g/mol. The van der Waals surface area contributed by atoms with E-state index in [4.69, 9.17) is 0 Å². The molecule has 7 nitrogen and oxygen atoms in total. The number of dihydropyridines is 1. The van der Waals surface area contributed by atoms with E-state index >= 15 is 0 Å². The summed E-state index contributed by atoms with van der Waals surface area (Å²) in [5, 5.41) is 0. The van der Waals surface area contributed by atoms with E-state index in [1.54, 1.807) is 13.3 Å². The number of imide groups is 1. The third-order valence-corrected chi connectivity index (χ3v) is 6.71. The van der Waals surface area contributed by atoms with E-state index in [-0.39, 0.29) is 17.8 Å². The molecule has 0 aromatic heterocycles. The first kappa shape index (κ1) is 20.8. The lowest BCUT2D eigenvalue weighted by molar-refractivity contribution is -0.407. The summed E-state index contributed by atoms with van der Waals surface area (Å²) in [4.78, 5) is 46.3. The second-order valence-corrected chi connectivity index (χ2v) is 8.53. The van der Waals surface area contributed by atoms with Crippen LogP contribution in [-0.4, -0.2) is 77.2 Å². The van der Waals surface area contributed by atoms with Gasteiger partial charge in [0.05, 0.1) is 19.8 Å². The van der Waals surface area contributed by atoms with Crippen LogP contribution in [0.3, 0.4) is 0 Å². The summed E-state index contributed by atoms with van der Waals surface area (Å²) in [6.45, 7) is 3.72. The Bertz CT molecular complexity index is 763. The van der Waals surface area contributed by atoms with Crippen LogP contribution in [-0.2, 0) is 9.59 Å². The van der Waals surface area contributed by atoms with Crippen molar-refractivity contribution in [3.8, 4) is 0 Å². The average Bonchev–Trinajstić information content (AvgIpc) is 2.99. The number of carbonyl (C=O) groups is 3. The normalized spacial score (nSPS) is 23.3. The van der Waals surface area contributed by atoms with Crippen LogP contribution in [0.25, 0.3) is 0 Å². The number of hydrogen-bond donors (Lipinski definition) is 0. The lowest BCUT2D eigenvalue weighted by atomic mass is 9.96. The Labute approximate surface area is 170 Å². The molecule has 28 heavy (non-hydrogen) atoms. The van der Waals surface area contributed by atoms with Gasteiger partial charge in [0.25, 0.3) is 5.84 Å². The molecule has 1 saturated heterocycles. The molecule has 0 aromatic rings. The lowest BCUT2D eigenvalue weighted by Gasteiger charge is -2.28. The van der Waals surface area contributed by atoms with Crippen LogP contribution in [0.1, 0.15) is 45.4 Å². The summed E-state index contributed by atoms with van der Waals surface area (Å²) in [7, 11) is 3.14. The Balaban J connectivity index is 1.84. The number of amidine groups is 1. The summed E-state index contributed by atoms with van der Waals surface area (Å²) in [5.41, 5.74) is 0.995. The molecular formula is C20H29N4O3S+. The number of thioether (sulfide) groups is 1. The van der Waals surface area contributed by atoms with E-state index in [1.165, 1.54) is 36.2 Å². The molecule has 0 bridgehead atoms. The number of urea groups is 1. The standard InChI is InChI=1S/C20H29N4O3S/c1-4-9-14-12-21-18-16(19(26)23(3)20(27)22(18)2)17(14)28-13-15(25)24-10-7-5-6-8-11-24/h12,16H,4-11,13H2,1-3H3/q+1. The molecule has 152 valence electrons. The van der Waals surface area contributed by atoms with Gasteiger partial charge in [0, 0.05) is 18.0 Å². The molecular weight excluding hydrogens is 376 g/mol. The van der Waals surface area contributed by atoms with Crippen LogP contribution in [0, 0.1) is 5.92 Å². The predicted molar refractivity (Wildman–Crippen MR) is 111 cm³/mol. The Hall–Kier alpha value is -1.96. The Morgan fingerprint density at radius 3 is 2.57 bits per heavy atom. The van der Waals surface area contributed by atoms with E-state index in [1.807, 2.05) is 4.90 Å². The predicted octanol–water partition coefficient (Wildman–Crippen LogP) is 2.51. The Morgan fingerprint density at radius 2 is 1.93 bits per heavy atom. The molecule has 3 aliphatic heterocycles.